The lowest BCUT2D eigenvalue weighted by Gasteiger charge is -2.24. The van der Waals surface area contributed by atoms with E-state index in [-0.39, 0.29) is 34.8 Å². The summed E-state index contributed by atoms with van der Waals surface area (Å²) < 4.78 is 26.2. The molecule has 0 aliphatic rings. The number of rotatable bonds is 24. The van der Waals surface area contributed by atoms with Crippen molar-refractivity contribution in [1.29, 1.82) is 0 Å². The second-order valence-corrected chi connectivity index (χ2v) is 13.2. The minimum atomic E-state index is -3.95. The first-order valence-corrected chi connectivity index (χ1v) is 17.9. The molecule has 0 atom stereocenters. The maximum Gasteiger partial charge on any atom is 0.239 e. The Morgan fingerprint density at radius 3 is 1.67 bits per heavy atom. The summed E-state index contributed by atoms with van der Waals surface area (Å²) in [6, 6.07) is 14.7. The van der Waals surface area contributed by atoms with Crippen LogP contribution in [-0.2, 0) is 24.2 Å². The molecule has 0 aliphatic heterocycles. The van der Waals surface area contributed by atoms with Crippen LogP contribution in [0.1, 0.15) is 96.5 Å². The van der Waals surface area contributed by atoms with Gasteiger partial charge in [-0.2, -0.15) is 0 Å². The van der Waals surface area contributed by atoms with Gasteiger partial charge in [0.05, 0.1) is 18.0 Å². The van der Waals surface area contributed by atoms with Gasteiger partial charge in [-0.15, -0.1) is 0 Å². The van der Waals surface area contributed by atoms with Crippen LogP contribution in [0.2, 0.25) is 0 Å². The van der Waals surface area contributed by atoms with E-state index in [2.05, 4.69) is 29.8 Å². The van der Waals surface area contributed by atoms with E-state index in [0.29, 0.717) is 30.8 Å². The normalized spacial score (nSPS) is 11.6. The Hall–Kier alpha value is -3.66. The smallest absolute Gasteiger partial charge is 0.239 e. The fourth-order valence-corrected chi connectivity index (χ4v) is 6.14. The van der Waals surface area contributed by atoms with Gasteiger partial charge in [-0.1, -0.05) is 108 Å². The third-order valence-corrected chi connectivity index (χ3v) is 9.18. The van der Waals surface area contributed by atoms with E-state index in [1.165, 1.54) is 56.7 Å². The Kier molecular flexibility index (Phi) is 18.3. The number of nitrogens with one attached hydrogen (secondary N) is 3. The lowest BCUT2D eigenvalue weighted by atomic mass is 10.1. The first-order chi connectivity index (χ1) is 21.8. The molecule has 2 aromatic rings. The molecule has 0 heterocycles. The number of carbonyl (C=O) groups excluding carboxylic acids is 3. The molecular formula is C35H52N4O5S. The Morgan fingerprint density at radius 1 is 0.689 bits per heavy atom. The second-order valence-electron chi connectivity index (χ2n) is 11.3. The van der Waals surface area contributed by atoms with E-state index < -0.39 is 9.84 Å². The van der Waals surface area contributed by atoms with Gasteiger partial charge in [-0.05, 0) is 48.7 Å². The van der Waals surface area contributed by atoms with Crippen molar-refractivity contribution >= 4 is 39.8 Å². The first kappa shape index (κ1) is 37.5. The summed E-state index contributed by atoms with van der Waals surface area (Å²) in [7, 11) is -3.95. The Bertz CT molecular complexity index is 1250. The fraction of sp³-hybridized carbons (Fsp3) is 0.514. The van der Waals surface area contributed by atoms with Crippen molar-refractivity contribution in [3.63, 3.8) is 0 Å². The van der Waals surface area contributed by atoms with Crippen LogP contribution < -0.4 is 20.9 Å². The summed E-state index contributed by atoms with van der Waals surface area (Å²) in [4.78, 5) is 38.7. The van der Waals surface area contributed by atoms with Crippen LogP contribution in [0.25, 0.3) is 6.08 Å². The van der Waals surface area contributed by atoms with Crippen molar-refractivity contribution in [2.24, 2.45) is 0 Å². The fourth-order valence-electron chi connectivity index (χ4n) is 4.88. The second kappa shape index (κ2) is 21.9. The lowest BCUT2D eigenvalue weighted by molar-refractivity contribution is -0.120. The zero-order chi connectivity index (χ0) is 32.8. The summed E-state index contributed by atoms with van der Waals surface area (Å²) in [5.41, 5.74) is 1.18. The van der Waals surface area contributed by atoms with Crippen LogP contribution in [0.3, 0.4) is 0 Å². The predicted molar refractivity (Wildman–Crippen MR) is 182 cm³/mol. The van der Waals surface area contributed by atoms with E-state index in [1.807, 2.05) is 0 Å². The van der Waals surface area contributed by atoms with Gasteiger partial charge >= 0.3 is 0 Å². The van der Waals surface area contributed by atoms with Gasteiger partial charge in [0.1, 0.15) is 5.03 Å². The number of anilines is 1. The van der Waals surface area contributed by atoms with Gasteiger partial charge in [0.15, 0.2) is 0 Å². The van der Waals surface area contributed by atoms with Crippen LogP contribution in [0.15, 0.2) is 64.5 Å². The van der Waals surface area contributed by atoms with Crippen molar-refractivity contribution in [2.75, 3.05) is 31.1 Å². The van der Waals surface area contributed by atoms with Gasteiger partial charge in [0.2, 0.25) is 28.1 Å². The molecule has 2 aromatic carbocycles. The Balaban J connectivity index is 2.11. The average molecular weight is 641 g/mol. The van der Waals surface area contributed by atoms with Gasteiger partial charge in [-0.3, -0.25) is 14.4 Å². The van der Waals surface area contributed by atoms with E-state index >= 15 is 0 Å². The van der Waals surface area contributed by atoms with Gasteiger partial charge in [0.25, 0.3) is 0 Å². The Labute approximate surface area is 270 Å². The molecular weight excluding hydrogens is 588 g/mol. The molecule has 0 saturated heterocycles. The summed E-state index contributed by atoms with van der Waals surface area (Å²) in [6.07, 6.45) is 15.3. The molecule has 9 nitrogen and oxygen atoms in total. The molecule has 0 aromatic heterocycles. The van der Waals surface area contributed by atoms with Crippen molar-refractivity contribution < 1.29 is 22.8 Å². The van der Waals surface area contributed by atoms with Gasteiger partial charge in [-0.25, -0.2) is 8.42 Å². The highest BCUT2D eigenvalue weighted by molar-refractivity contribution is 7.95. The van der Waals surface area contributed by atoms with Crippen LogP contribution in [-0.4, -0.2) is 52.8 Å². The van der Waals surface area contributed by atoms with Crippen molar-refractivity contribution in [3.05, 3.63) is 65.2 Å². The number of carbonyl (C=O) groups is 3. The number of hydrogen-bond acceptors (Lipinski definition) is 6. The van der Waals surface area contributed by atoms with E-state index in [4.69, 9.17) is 0 Å². The van der Waals surface area contributed by atoms with E-state index in [9.17, 15) is 22.8 Å². The maximum absolute atomic E-state index is 13.1. The maximum atomic E-state index is 13.1. The topological polar surface area (TPSA) is 125 Å². The summed E-state index contributed by atoms with van der Waals surface area (Å²) in [6.45, 7) is 5.57. The minimum Gasteiger partial charge on any atom is -0.355 e. The quantitative estimate of drug-likeness (QED) is 0.0960. The molecule has 0 saturated carbocycles. The summed E-state index contributed by atoms with van der Waals surface area (Å²) >= 11 is 0. The molecule has 0 fully saturated rings. The zero-order valence-electron chi connectivity index (χ0n) is 27.1. The van der Waals surface area contributed by atoms with Gasteiger partial charge < -0.3 is 20.9 Å². The lowest BCUT2D eigenvalue weighted by Crippen LogP contribution is -2.43. The molecule has 0 spiro atoms. The predicted octanol–water partition coefficient (Wildman–Crippen LogP) is 5.96. The monoisotopic (exact) mass is 640 g/mol. The average Bonchev–Trinajstić information content (AvgIpc) is 3.04. The molecule has 10 heteroatoms. The number of sulfone groups is 1. The molecule has 45 heavy (non-hydrogen) atoms. The van der Waals surface area contributed by atoms with Crippen LogP contribution in [0, 0.1) is 0 Å². The highest BCUT2D eigenvalue weighted by Crippen LogP contribution is 2.21. The number of hydrogen-bond donors (Lipinski definition) is 3. The molecule has 3 amide bonds. The standard InChI is InChI=1S/C35H52N4O5S/c1-3-5-7-9-11-16-24-36-33(41)27-39(28-34(42)37-25-17-12-10-8-6-4-2)31-22-20-30(21-23-31)26-35(38-29-40)45(43,44)32-18-14-13-15-19-32/h13-15,18-23,26,29H,3-12,16-17,24-25,27-28H2,1-2H3,(H,36,41)(H,37,42)(H,38,40). The van der Waals surface area contributed by atoms with E-state index in [1.54, 1.807) is 47.4 Å². The third-order valence-electron chi connectivity index (χ3n) is 7.47. The van der Waals surface area contributed by atoms with Crippen molar-refractivity contribution in [3.8, 4) is 0 Å². The molecule has 2 rings (SSSR count). The number of benzene rings is 2. The number of nitrogens with zero attached hydrogens (tertiary/aromatic N) is 1. The SMILES string of the molecule is CCCCCCCCNC(=O)CN(CC(=O)NCCCCCCCC)c1ccc(C=C(NC=O)S(=O)(=O)c2ccccc2)cc1. The van der Waals surface area contributed by atoms with Crippen molar-refractivity contribution in [2.45, 2.75) is 95.8 Å². The highest BCUT2D eigenvalue weighted by Gasteiger charge is 2.21. The van der Waals surface area contributed by atoms with Gasteiger partial charge in [0, 0.05) is 18.8 Å². The van der Waals surface area contributed by atoms with Crippen LogP contribution in [0.5, 0.6) is 0 Å². The van der Waals surface area contributed by atoms with Crippen LogP contribution in [0.4, 0.5) is 5.69 Å². The highest BCUT2D eigenvalue weighted by atomic mass is 32.2. The van der Waals surface area contributed by atoms with E-state index in [0.717, 1.165) is 38.5 Å². The summed E-state index contributed by atoms with van der Waals surface area (Å²) in [5.74, 6) is -0.328. The molecule has 3 N–H and O–H groups in total. The van der Waals surface area contributed by atoms with Crippen molar-refractivity contribution in [1.82, 2.24) is 16.0 Å². The molecule has 0 radical (unpaired) electrons. The summed E-state index contributed by atoms with van der Waals surface area (Å²) in [5, 5.41) is 8.01. The number of amides is 3. The molecule has 0 aliphatic carbocycles. The first-order valence-electron chi connectivity index (χ1n) is 16.4. The molecule has 0 unspecified atom stereocenters. The molecule has 248 valence electrons. The molecule has 0 bridgehead atoms. The van der Waals surface area contributed by atoms with Crippen LogP contribution >= 0.6 is 0 Å². The Morgan fingerprint density at radius 2 is 1.18 bits per heavy atom. The zero-order valence-corrected chi connectivity index (χ0v) is 27.9. The minimum absolute atomic E-state index is 0.00971. The largest absolute Gasteiger partial charge is 0.355 e. The third kappa shape index (κ3) is 14.8. The number of unbranched alkanes of at least 4 members (excludes halogenated alkanes) is 10.